The van der Waals surface area contributed by atoms with E-state index in [0.29, 0.717) is 6.54 Å². The highest BCUT2D eigenvalue weighted by atomic mass is 16.6. The lowest BCUT2D eigenvalue weighted by atomic mass is 10.2. The zero-order valence-electron chi connectivity index (χ0n) is 9.80. The predicted octanol–water partition coefficient (Wildman–Crippen LogP) is -0.635. The maximum absolute atomic E-state index is 12.0. The van der Waals surface area contributed by atoms with E-state index in [9.17, 15) is 19.7 Å². The maximum Gasteiger partial charge on any atom is 0.331 e. The molecule has 0 aliphatic carbocycles. The van der Waals surface area contributed by atoms with Crippen molar-refractivity contribution in [1.29, 1.82) is 0 Å². The zero-order chi connectivity index (χ0) is 13.4. The van der Waals surface area contributed by atoms with Crippen LogP contribution in [0, 0.1) is 10.1 Å². The molecule has 1 atom stereocenters. The van der Waals surface area contributed by atoms with Crippen LogP contribution in [0.5, 0.6) is 0 Å². The first-order chi connectivity index (χ1) is 8.45. The average Bonchev–Trinajstić information content (AvgIpc) is 2.77. The van der Waals surface area contributed by atoms with Crippen molar-refractivity contribution in [1.82, 2.24) is 10.2 Å². The second-order valence-electron chi connectivity index (χ2n) is 4.00. The molecule has 0 aromatic rings. The van der Waals surface area contributed by atoms with Crippen LogP contribution >= 0.6 is 0 Å². The van der Waals surface area contributed by atoms with Crippen LogP contribution in [0.3, 0.4) is 0 Å². The molecule has 1 saturated heterocycles. The minimum atomic E-state index is -0.799. The summed E-state index contributed by atoms with van der Waals surface area (Å²) in [5.74, 6) is -1.21. The van der Waals surface area contributed by atoms with Crippen LogP contribution in [-0.2, 0) is 14.3 Å². The number of esters is 1. The minimum Gasteiger partial charge on any atom is -0.466 e. The third-order valence-corrected chi connectivity index (χ3v) is 2.71. The molecule has 1 N–H and O–H groups in total. The molecule has 8 heteroatoms. The minimum absolute atomic E-state index is 0.0569. The van der Waals surface area contributed by atoms with E-state index in [4.69, 9.17) is 0 Å². The molecule has 0 aromatic carbocycles. The van der Waals surface area contributed by atoms with Gasteiger partial charge in [0.25, 0.3) is 5.91 Å². The van der Waals surface area contributed by atoms with Crippen molar-refractivity contribution in [2.24, 2.45) is 0 Å². The molecule has 96 valence electrons. The van der Waals surface area contributed by atoms with Gasteiger partial charge in [-0.3, -0.25) is 19.8 Å². The Bertz CT molecular complexity index is 508. The van der Waals surface area contributed by atoms with Gasteiger partial charge in [0, 0.05) is 18.7 Å². The Kier molecular flexibility index (Phi) is 2.77. The lowest BCUT2D eigenvalue weighted by Crippen LogP contribution is -2.25. The second-order valence-corrected chi connectivity index (χ2v) is 4.00. The molecule has 1 unspecified atom stereocenters. The first-order valence-corrected chi connectivity index (χ1v) is 5.22. The van der Waals surface area contributed by atoms with Gasteiger partial charge >= 0.3 is 11.7 Å². The van der Waals surface area contributed by atoms with Crippen LogP contribution in [0.2, 0.25) is 0 Å². The summed E-state index contributed by atoms with van der Waals surface area (Å²) in [5.41, 5.74) is -0.629. The normalized spacial score (nSPS) is 24.3. The molecule has 8 nitrogen and oxygen atoms in total. The predicted molar refractivity (Wildman–Crippen MR) is 58.4 cm³/mol. The van der Waals surface area contributed by atoms with E-state index in [2.05, 4.69) is 10.1 Å². The summed E-state index contributed by atoms with van der Waals surface area (Å²) in [6.07, 6.45) is 0.845. The van der Waals surface area contributed by atoms with Gasteiger partial charge in [-0.25, -0.2) is 4.79 Å². The van der Waals surface area contributed by atoms with E-state index in [1.54, 1.807) is 6.92 Å². The molecule has 0 spiro atoms. The number of nitrogens with one attached hydrogen (secondary N) is 1. The molecule has 2 aliphatic heterocycles. The van der Waals surface area contributed by atoms with Crippen molar-refractivity contribution < 1.29 is 19.2 Å². The molecule has 1 fully saturated rings. The van der Waals surface area contributed by atoms with Crippen molar-refractivity contribution in [2.45, 2.75) is 13.0 Å². The van der Waals surface area contributed by atoms with E-state index in [-0.39, 0.29) is 23.1 Å². The number of amides is 1. The van der Waals surface area contributed by atoms with Crippen LogP contribution in [-0.4, -0.2) is 41.4 Å². The number of fused-ring (bicyclic) bond motifs is 1. The Morgan fingerprint density at radius 2 is 2.33 bits per heavy atom. The topological polar surface area (TPSA) is 102 Å². The summed E-state index contributed by atoms with van der Waals surface area (Å²) in [5, 5.41) is 13.9. The number of hydrogen-bond acceptors (Lipinski definition) is 6. The lowest BCUT2D eigenvalue weighted by molar-refractivity contribution is -0.421. The Morgan fingerprint density at radius 3 is 2.89 bits per heavy atom. The summed E-state index contributed by atoms with van der Waals surface area (Å²) in [4.78, 5) is 34.7. The average molecular weight is 253 g/mol. The molecule has 0 saturated carbocycles. The third kappa shape index (κ3) is 1.71. The monoisotopic (exact) mass is 253 g/mol. The Morgan fingerprint density at radius 1 is 1.67 bits per heavy atom. The van der Waals surface area contributed by atoms with Gasteiger partial charge < -0.3 is 10.1 Å². The summed E-state index contributed by atoms with van der Waals surface area (Å²) < 4.78 is 4.38. The number of carbonyl (C=O) groups excluding carboxylic acids is 2. The zero-order valence-corrected chi connectivity index (χ0v) is 9.80. The van der Waals surface area contributed by atoms with Crippen LogP contribution in [0.4, 0.5) is 0 Å². The number of rotatable bonds is 2. The van der Waals surface area contributed by atoms with Gasteiger partial charge in [-0.15, -0.1) is 0 Å². The fourth-order valence-electron chi connectivity index (χ4n) is 1.97. The number of methoxy groups -OCH3 is 1. The van der Waals surface area contributed by atoms with Gasteiger partial charge in [0.2, 0.25) is 0 Å². The summed E-state index contributed by atoms with van der Waals surface area (Å²) in [6.45, 7) is 2.14. The molecule has 1 amide bonds. The van der Waals surface area contributed by atoms with E-state index in [1.165, 1.54) is 4.90 Å². The van der Waals surface area contributed by atoms with E-state index in [0.717, 1.165) is 13.2 Å². The van der Waals surface area contributed by atoms with Gasteiger partial charge in [0.15, 0.2) is 5.82 Å². The van der Waals surface area contributed by atoms with Gasteiger partial charge in [-0.05, 0) is 6.92 Å². The highest BCUT2D eigenvalue weighted by molar-refractivity contribution is 6.06. The molecule has 0 radical (unpaired) electrons. The van der Waals surface area contributed by atoms with Crippen LogP contribution in [0.1, 0.15) is 6.92 Å². The fraction of sp³-hybridized carbons (Fsp3) is 0.400. The molecule has 18 heavy (non-hydrogen) atoms. The van der Waals surface area contributed by atoms with Crippen LogP contribution < -0.4 is 5.32 Å². The molecular weight excluding hydrogens is 242 g/mol. The summed E-state index contributed by atoms with van der Waals surface area (Å²) in [7, 11) is 1.14. The number of nitro groups is 1. The van der Waals surface area contributed by atoms with Crippen molar-refractivity contribution in [2.75, 3.05) is 13.7 Å². The highest BCUT2D eigenvalue weighted by Gasteiger charge is 2.47. The third-order valence-electron chi connectivity index (χ3n) is 2.71. The molecule has 2 heterocycles. The number of hydrogen-bond donors (Lipinski definition) is 1. The standard InChI is InChI=1S/C10H11N3O5/c1-5-4-12-9(11-5)8(13(16)17)6(10(12)15)3-7(14)18-2/h3,5,11H,4H2,1-2H3/b6-3+. The summed E-state index contributed by atoms with van der Waals surface area (Å²) >= 11 is 0. The van der Waals surface area contributed by atoms with Crippen LogP contribution in [0.25, 0.3) is 0 Å². The number of ether oxygens (including phenoxy) is 1. The van der Waals surface area contributed by atoms with Crippen molar-refractivity contribution in [3.63, 3.8) is 0 Å². The Labute approximate surface area is 102 Å². The Balaban J connectivity index is 2.50. The van der Waals surface area contributed by atoms with Gasteiger partial charge in [0.1, 0.15) is 5.57 Å². The van der Waals surface area contributed by atoms with E-state index in [1.807, 2.05) is 0 Å². The SMILES string of the molecule is COC(=O)/C=C1/C(=O)N2CC(C)NC2=C1[N+](=O)[O-]. The van der Waals surface area contributed by atoms with Gasteiger partial charge in [-0.1, -0.05) is 0 Å². The van der Waals surface area contributed by atoms with Crippen molar-refractivity contribution in [3.8, 4) is 0 Å². The van der Waals surface area contributed by atoms with Crippen molar-refractivity contribution in [3.05, 3.63) is 33.3 Å². The highest BCUT2D eigenvalue weighted by Crippen LogP contribution is 2.31. The summed E-state index contributed by atoms with van der Waals surface area (Å²) in [6, 6.07) is -0.0569. The smallest absolute Gasteiger partial charge is 0.331 e. The first kappa shape index (κ1) is 12.1. The van der Waals surface area contributed by atoms with Gasteiger partial charge in [0.05, 0.1) is 12.0 Å². The molecule has 0 aromatic heterocycles. The van der Waals surface area contributed by atoms with Crippen molar-refractivity contribution >= 4 is 11.9 Å². The quantitative estimate of drug-likeness (QED) is 0.304. The number of nitrogens with zero attached hydrogens (tertiary/aromatic N) is 2. The molecule has 0 bridgehead atoms. The maximum atomic E-state index is 12.0. The lowest BCUT2D eigenvalue weighted by Gasteiger charge is -2.07. The molecule has 2 rings (SSSR count). The van der Waals surface area contributed by atoms with Gasteiger partial charge in [-0.2, -0.15) is 0 Å². The van der Waals surface area contributed by atoms with E-state index < -0.39 is 16.8 Å². The molecular formula is C10H11N3O5. The first-order valence-electron chi connectivity index (χ1n) is 5.22. The second kappa shape index (κ2) is 4.13. The van der Waals surface area contributed by atoms with Crippen LogP contribution in [0.15, 0.2) is 23.2 Å². The molecule has 2 aliphatic rings. The largest absolute Gasteiger partial charge is 0.466 e. The number of carbonyl (C=O) groups is 2. The Hall–Kier alpha value is -2.38. The fourth-order valence-corrected chi connectivity index (χ4v) is 1.97. The van der Waals surface area contributed by atoms with E-state index >= 15 is 0 Å².